The van der Waals surface area contributed by atoms with E-state index in [1.807, 2.05) is 0 Å². The van der Waals surface area contributed by atoms with Gasteiger partial charge in [0.05, 0.1) is 6.10 Å². The minimum absolute atomic E-state index is 0.146. The molecule has 0 bridgehead atoms. The zero-order valence-electron chi connectivity index (χ0n) is 7.75. The highest BCUT2D eigenvalue weighted by Gasteiger charge is 2.21. The third kappa shape index (κ3) is 2.94. The van der Waals surface area contributed by atoms with Gasteiger partial charge in [0.15, 0.2) is 0 Å². The highest BCUT2D eigenvalue weighted by molar-refractivity contribution is 5.81. The Labute approximate surface area is 74.0 Å². The zero-order valence-corrected chi connectivity index (χ0v) is 7.75. The van der Waals surface area contributed by atoms with Gasteiger partial charge < -0.3 is 5.11 Å². The van der Waals surface area contributed by atoms with Crippen LogP contribution in [0.2, 0.25) is 0 Å². The first-order valence-electron chi connectivity index (χ1n) is 4.91. The number of rotatable bonds is 2. The third-order valence-electron chi connectivity index (χ3n) is 2.56. The highest BCUT2D eigenvalue weighted by atomic mass is 16.3. The summed E-state index contributed by atoms with van der Waals surface area (Å²) >= 11 is 0. The van der Waals surface area contributed by atoms with E-state index in [0.717, 1.165) is 25.7 Å². The van der Waals surface area contributed by atoms with Crippen molar-refractivity contribution >= 4 is 5.78 Å². The summed E-state index contributed by atoms with van der Waals surface area (Å²) in [5.41, 5.74) is 0. The standard InChI is InChI=1S/C10H18O2/c1-8(11)7-9-5-3-2-4-6-10(9)12/h8-9,11H,2-7H2,1H3. The van der Waals surface area contributed by atoms with E-state index < -0.39 is 0 Å². The fourth-order valence-electron chi connectivity index (χ4n) is 1.89. The molecule has 1 fully saturated rings. The van der Waals surface area contributed by atoms with Crippen LogP contribution in [0.25, 0.3) is 0 Å². The lowest BCUT2D eigenvalue weighted by Crippen LogP contribution is -2.17. The summed E-state index contributed by atoms with van der Waals surface area (Å²) in [6.45, 7) is 1.76. The normalized spacial score (nSPS) is 28.2. The van der Waals surface area contributed by atoms with E-state index in [2.05, 4.69) is 0 Å². The summed E-state index contributed by atoms with van der Waals surface area (Å²) in [5, 5.41) is 9.16. The van der Waals surface area contributed by atoms with Crippen LogP contribution in [0.5, 0.6) is 0 Å². The van der Waals surface area contributed by atoms with Crippen LogP contribution in [0.3, 0.4) is 0 Å². The first-order valence-corrected chi connectivity index (χ1v) is 4.91. The van der Waals surface area contributed by atoms with Gasteiger partial charge in [-0.2, -0.15) is 0 Å². The predicted molar refractivity (Wildman–Crippen MR) is 47.9 cm³/mol. The van der Waals surface area contributed by atoms with Crippen LogP contribution < -0.4 is 0 Å². The molecular weight excluding hydrogens is 152 g/mol. The number of hydrogen-bond donors (Lipinski definition) is 1. The number of ketones is 1. The Morgan fingerprint density at radius 2 is 2.25 bits per heavy atom. The number of Topliss-reactive ketones (excluding diaryl/α,β-unsaturated/α-hetero) is 1. The molecule has 0 saturated heterocycles. The molecule has 1 N–H and O–H groups in total. The van der Waals surface area contributed by atoms with Crippen molar-refractivity contribution in [3.05, 3.63) is 0 Å². The zero-order chi connectivity index (χ0) is 8.97. The van der Waals surface area contributed by atoms with Crippen LogP contribution in [0, 0.1) is 5.92 Å². The smallest absolute Gasteiger partial charge is 0.136 e. The molecule has 2 unspecified atom stereocenters. The molecule has 2 nitrogen and oxygen atoms in total. The SMILES string of the molecule is CC(O)CC1CCCCCC1=O. The molecule has 1 aliphatic rings. The lowest BCUT2D eigenvalue weighted by atomic mass is 9.93. The van der Waals surface area contributed by atoms with Crippen LogP contribution in [-0.2, 0) is 4.79 Å². The molecule has 0 radical (unpaired) electrons. The van der Waals surface area contributed by atoms with Crippen LogP contribution in [0.15, 0.2) is 0 Å². The minimum atomic E-state index is -0.322. The van der Waals surface area contributed by atoms with Crippen LogP contribution in [-0.4, -0.2) is 17.0 Å². The molecule has 0 aromatic carbocycles. The van der Waals surface area contributed by atoms with Crippen molar-refractivity contribution in [1.82, 2.24) is 0 Å². The predicted octanol–water partition coefficient (Wildman–Crippen LogP) is 1.91. The van der Waals surface area contributed by atoms with Gasteiger partial charge in [0.2, 0.25) is 0 Å². The van der Waals surface area contributed by atoms with Crippen molar-refractivity contribution in [3.8, 4) is 0 Å². The first kappa shape index (κ1) is 9.72. The summed E-state index contributed by atoms with van der Waals surface area (Å²) in [5.74, 6) is 0.515. The second-order valence-corrected chi connectivity index (χ2v) is 3.85. The minimum Gasteiger partial charge on any atom is -0.393 e. The Bertz CT molecular complexity index is 152. The highest BCUT2D eigenvalue weighted by Crippen LogP contribution is 2.23. The van der Waals surface area contributed by atoms with Gasteiger partial charge in [0.25, 0.3) is 0 Å². The Kier molecular flexibility index (Phi) is 3.73. The van der Waals surface area contributed by atoms with E-state index in [9.17, 15) is 4.79 Å². The van der Waals surface area contributed by atoms with Gasteiger partial charge >= 0.3 is 0 Å². The van der Waals surface area contributed by atoms with Gasteiger partial charge in [-0.3, -0.25) is 4.79 Å². The molecule has 0 amide bonds. The molecule has 2 atom stereocenters. The summed E-state index contributed by atoms with van der Waals surface area (Å²) in [6.07, 6.45) is 5.46. The molecule has 1 aliphatic carbocycles. The molecule has 2 heteroatoms. The molecule has 0 aromatic rings. The summed E-state index contributed by atoms with van der Waals surface area (Å²) in [4.78, 5) is 11.4. The van der Waals surface area contributed by atoms with Crippen LogP contribution >= 0.6 is 0 Å². The second kappa shape index (κ2) is 4.61. The van der Waals surface area contributed by atoms with Crippen molar-refractivity contribution in [3.63, 3.8) is 0 Å². The fraction of sp³-hybridized carbons (Fsp3) is 0.900. The number of aliphatic hydroxyl groups is 1. The van der Waals surface area contributed by atoms with E-state index >= 15 is 0 Å². The first-order chi connectivity index (χ1) is 5.70. The fourth-order valence-corrected chi connectivity index (χ4v) is 1.89. The van der Waals surface area contributed by atoms with Crippen molar-refractivity contribution in [2.24, 2.45) is 5.92 Å². The lowest BCUT2D eigenvalue weighted by molar-refractivity contribution is -0.123. The average Bonchev–Trinajstić information content (AvgIpc) is 2.16. The van der Waals surface area contributed by atoms with Gasteiger partial charge in [-0.05, 0) is 26.2 Å². The summed E-state index contributed by atoms with van der Waals surface area (Å²) < 4.78 is 0. The second-order valence-electron chi connectivity index (χ2n) is 3.85. The Hall–Kier alpha value is -0.370. The molecular formula is C10H18O2. The van der Waals surface area contributed by atoms with Gasteiger partial charge in [-0.25, -0.2) is 0 Å². The third-order valence-corrected chi connectivity index (χ3v) is 2.56. The van der Waals surface area contributed by atoms with Crippen molar-refractivity contribution in [1.29, 1.82) is 0 Å². The van der Waals surface area contributed by atoms with Gasteiger partial charge in [-0.15, -0.1) is 0 Å². The Balaban J connectivity index is 2.42. The van der Waals surface area contributed by atoms with E-state index in [0.29, 0.717) is 12.2 Å². The van der Waals surface area contributed by atoms with Gasteiger partial charge in [0, 0.05) is 12.3 Å². The maximum atomic E-state index is 11.4. The largest absolute Gasteiger partial charge is 0.393 e. The Morgan fingerprint density at radius 3 is 2.92 bits per heavy atom. The summed E-state index contributed by atoms with van der Waals surface area (Å²) in [6, 6.07) is 0. The molecule has 0 aromatic heterocycles. The van der Waals surface area contributed by atoms with Gasteiger partial charge in [0.1, 0.15) is 5.78 Å². The molecule has 12 heavy (non-hydrogen) atoms. The molecule has 0 aliphatic heterocycles. The Morgan fingerprint density at radius 1 is 1.50 bits per heavy atom. The van der Waals surface area contributed by atoms with Gasteiger partial charge in [-0.1, -0.05) is 12.8 Å². The maximum absolute atomic E-state index is 11.4. The van der Waals surface area contributed by atoms with Crippen molar-refractivity contribution in [2.45, 2.75) is 51.6 Å². The van der Waals surface area contributed by atoms with E-state index in [1.54, 1.807) is 6.92 Å². The maximum Gasteiger partial charge on any atom is 0.136 e. The molecule has 70 valence electrons. The number of carbonyl (C=O) groups is 1. The number of hydrogen-bond acceptors (Lipinski definition) is 2. The van der Waals surface area contributed by atoms with E-state index in [-0.39, 0.29) is 12.0 Å². The molecule has 1 rings (SSSR count). The average molecular weight is 170 g/mol. The monoisotopic (exact) mass is 170 g/mol. The lowest BCUT2D eigenvalue weighted by Gasteiger charge is -2.13. The topological polar surface area (TPSA) is 37.3 Å². The molecule has 0 heterocycles. The molecule has 1 saturated carbocycles. The number of carbonyl (C=O) groups excluding carboxylic acids is 1. The van der Waals surface area contributed by atoms with E-state index in [1.165, 1.54) is 6.42 Å². The summed E-state index contributed by atoms with van der Waals surface area (Å²) in [7, 11) is 0. The quantitative estimate of drug-likeness (QED) is 0.643. The van der Waals surface area contributed by atoms with Crippen molar-refractivity contribution in [2.75, 3.05) is 0 Å². The molecule has 0 spiro atoms. The van der Waals surface area contributed by atoms with Crippen LogP contribution in [0.1, 0.15) is 45.4 Å². The number of aliphatic hydroxyl groups excluding tert-OH is 1. The van der Waals surface area contributed by atoms with Crippen molar-refractivity contribution < 1.29 is 9.90 Å². The van der Waals surface area contributed by atoms with Crippen LogP contribution in [0.4, 0.5) is 0 Å². The van der Waals surface area contributed by atoms with E-state index in [4.69, 9.17) is 5.11 Å².